The van der Waals surface area contributed by atoms with Crippen molar-refractivity contribution in [2.24, 2.45) is 10.7 Å². The lowest BCUT2D eigenvalue weighted by Gasteiger charge is -2.41. The van der Waals surface area contributed by atoms with Crippen molar-refractivity contribution < 1.29 is 17.8 Å². The Bertz CT molecular complexity index is 1290. The van der Waals surface area contributed by atoms with Gasteiger partial charge in [-0.05, 0) is 43.7 Å². The van der Waals surface area contributed by atoms with Crippen molar-refractivity contribution in [3.8, 4) is 0 Å². The molecule has 2 unspecified atom stereocenters. The Kier molecular flexibility index (Phi) is 4.00. The van der Waals surface area contributed by atoms with E-state index < -0.39 is 37.5 Å². The first-order chi connectivity index (χ1) is 14.6. The molecule has 1 fully saturated rings. The summed E-state index contributed by atoms with van der Waals surface area (Å²) in [5.74, 6) is -1.62. The topological polar surface area (TPSA) is 113 Å². The molecule has 0 saturated carbocycles. The standard InChI is InChI=1S/C20H20F2N6O2S/c1-19(20-7-8-24-17(20)31(20,30)28(2)18(23)27-19)13-9-12(4-5-14(13)22)26-16(29)15-6-3-11(21)10-25-15/h3-6,9-10,24H,7-8H2,1-2H3,(H2,23,27)(H,26,29)/t19-,20?,31?/m1/s1. The summed E-state index contributed by atoms with van der Waals surface area (Å²) in [5, 5.41) is 5.82. The zero-order valence-corrected chi connectivity index (χ0v) is 17.6. The van der Waals surface area contributed by atoms with Crippen molar-refractivity contribution >= 4 is 32.3 Å². The maximum absolute atomic E-state index is 15.1. The zero-order valence-electron chi connectivity index (χ0n) is 16.8. The van der Waals surface area contributed by atoms with E-state index in [-0.39, 0.29) is 17.2 Å². The van der Waals surface area contributed by atoms with Crippen LogP contribution >= 0.6 is 0 Å². The molecule has 1 amide bonds. The SMILES string of the molecule is CN1C(N)=N[C@](C)(c2cc(NC(=O)c3ccc(F)cn3)ccc2F)C23CCNC2=S13=O. The predicted octanol–water partition coefficient (Wildman–Crippen LogP) is 1.16. The van der Waals surface area contributed by atoms with Gasteiger partial charge in [0.2, 0.25) is 5.96 Å². The Morgan fingerprint density at radius 3 is 2.81 bits per heavy atom. The minimum Gasteiger partial charge on any atom is -0.369 e. The number of amides is 1. The maximum Gasteiger partial charge on any atom is 0.274 e. The monoisotopic (exact) mass is 446 g/mol. The van der Waals surface area contributed by atoms with Crippen LogP contribution in [0.2, 0.25) is 0 Å². The Morgan fingerprint density at radius 1 is 1.32 bits per heavy atom. The van der Waals surface area contributed by atoms with Gasteiger partial charge in [-0.15, -0.1) is 0 Å². The second kappa shape index (κ2) is 6.24. The fraction of sp³-hybridized carbons (Fsp3) is 0.300. The number of nitrogens with two attached hydrogens (primary N) is 1. The van der Waals surface area contributed by atoms with Gasteiger partial charge in [0.05, 0.1) is 20.9 Å². The Hall–Kier alpha value is -3.05. The van der Waals surface area contributed by atoms with Gasteiger partial charge in [0.25, 0.3) is 5.91 Å². The van der Waals surface area contributed by atoms with Crippen molar-refractivity contribution in [1.29, 1.82) is 0 Å². The predicted molar refractivity (Wildman–Crippen MR) is 114 cm³/mol. The minimum atomic E-state index is -2.67. The average Bonchev–Trinajstić information content (AvgIpc) is 3.06. The van der Waals surface area contributed by atoms with E-state index in [0.717, 1.165) is 12.3 Å². The Morgan fingerprint density at radius 2 is 2.10 bits per heavy atom. The van der Waals surface area contributed by atoms with Crippen LogP contribution in [-0.2, 0) is 15.2 Å². The number of carbonyl (C=O) groups excluding carboxylic acids is 1. The molecular formula is C20H20F2N6O2S. The van der Waals surface area contributed by atoms with Gasteiger partial charge in [0.15, 0.2) is 0 Å². The van der Waals surface area contributed by atoms with Crippen molar-refractivity contribution in [2.45, 2.75) is 23.6 Å². The third-order valence-corrected chi connectivity index (χ3v) is 9.93. The van der Waals surface area contributed by atoms with Crippen molar-refractivity contribution in [1.82, 2.24) is 14.6 Å². The van der Waals surface area contributed by atoms with E-state index in [4.69, 9.17) is 5.73 Å². The average molecular weight is 446 g/mol. The molecule has 162 valence electrons. The van der Waals surface area contributed by atoms with E-state index in [0.29, 0.717) is 23.6 Å². The number of rotatable bonds is 3. The molecule has 11 heteroatoms. The van der Waals surface area contributed by atoms with E-state index in [1.807, 2.05) is 0 Å². The second-order valence-corrected chi connectivity index (χ2v) is 10.6. The summed E-state index contributed by atoms with van der Waals surface area (Å²) in [6.07, 6.45) is 1.46. The van der Waals surface area contributed by atoms with Gasteiger partial charge < -0.3 is 11.1 Å². The molecule has 1 saturated heterocycles. The minimum absolute atomic E-state index is 0.0134. The molecule has 0 radical (unpaired) electrons. The molecule has 4 N–H and O–H groups in total. The molecule has 0 bridgehead atoms. The van der Waals surface area contributed by atoms with Crippen LogP contribution in [-0.4, -0.2) is 48.7 Å². The Labute approximate surface area is 177 Å². The molecule has 3 aliphatic rings. The van der Waals surface area contributed by atoms with Crippen LogP contribution in [0.5, 0.6) is 0 Å². The number of pyridine rings is 1. The molecule has 1 spiro atoms. The number of benzene rings is 1. The first kappa shape index (κ1) is 19.9. The number of nitrogens with zero attached hydrogens (tertiary/aromatic N) is 3. The molecule has 5 rings (SSSR count). The summed E-state index contributed by atoms with van der Waals surface area (Å²) in [5.41, 5.74) is 5.35. The highest BCUT2D eigenvalue weighted by Crippen LogP contribution is 2.60. The number of aliphatic imine (C=N–C) groups is 1. The summed E-state index contributed by atoms with van der Waals surface area (Å²) < 4.78 is 42.5. The summed E-state index contributed by atoms with van der Waals surface area (Å²) in [6, 6.07) is 6.48. The first-order valence-corrected chi connectivity index (χ1v) is 11.1. The molecule has 3 atom stereocenters. The highest BCUT2D eigenvalue weighted by atomic mass is 32.2. The quantitative estimate of drug-likeness (QED) is 0.613. The van der Waals surface area contributed by atoms with Crippen molar-refractivity contribution in [2.75, 3.05) is 18.9 Å². The lowest BCUT2D eigenvalue weighted by Crippen LogP contribution is -2.55. The molecule has 0 aliphatic carbocycles. The van der Waals surface area contributed by atoms with Gasteiger partial charge in [0, 0.05) is 24.8 Å². The fourth-order valence-electron chi connectivity index (χ4n) is 4.76. The summed E-state index contributed by atoms with van der Waals surface area (Å²) >= 11 is 0. The van der Waals surface area contributed by atoms with Crippen LogP contribution in [0.3, 0.4) is 0 Å². The number of hydrogen-bond acceptors (Lipinski definition) is 6. The Balaban J connectivity index is 1.56. The molecule has 8 nitrogen and oxygen atoms in total. The fourth-order valence-corrected chi connectivity index (χ4v) is 8.43. The van der Waals surface area contributed by atoms with Crippen LogP contribution in [0.15, 0.2) is 41.5 Å². The number of anilines is 1. The number of carbonyl (C=O) groups is 1. The van der Waals surface area contributed by atoms with Crippen LogP contribution in [0.1, 0.15) is 29.4 Å². The third-order valence-electron chi connectivity index (χ3n) is 6.38. The van der Waals surface area contributed by atoms with Crippen molar-refractivity contribution in [3.05, 3.63) is 59.4 Å². The summed E-state index contributed by atoms with van der Waals surface area (Å²) in [6.45, 7) is 2.33. The molecule has 31 heavy (non-hydrogen) atoms. The molecule has 3 aliphatic heterocycles. The van der Waals surface area contributed by atoms with Crippen molar-refractivity contribution in [3.63, 3.8) is 0 Å². The molecule has 4 heterocycles. The highest BCUT2D eigenvalue weighted by molar-refractivity contribution is 8.11. The smallest absolute Gasteiger partial charge is 0.274 e. The van der Waals surface area contributed by atoms with Crippen LogP contribution in [0.25, 0.3) is 0 Å². The number of aromatic nitrogens is 1. The van der Waals surface area contributed by atoms with Gasteiger partial charge in [0.1, 0.15) is 27.6 Å². The molecular weight excluding hydrogens is 426 g/mol. The van der Waals surface area contributed by atoms with Gasteiger partial charge in [-0.3, -0.25) is 14.4 Å². The van der Waals surface area contributed by atoms with Gasteiger partial charge in [-0.25, -0.2) is 23.0 Å². The number of guanidine groups is 1. The zero-order chi connectivity index (χ0) is 22.2. The number of nitrogens with one attached hydrogen (secondary N) is 2. The van der Waals surface area contributed by atoms with E-state index in [1.54, 1.807) is 14.0 Å². The third kappa shape index (κ3) is 2.38. The maximum atomic E-state index is 15.1. The van der Waals surface area contributed by atoms with E-state index in [2.05, 4.69) is 20.6 Å². The molecule has 1 aromatic heterocycles. The lowest BCUT2D eigenvalue weighted by atomic mass is 9.78. The lowest BCUT2D eigenvalue weighted by molar-refractivity contribution is 0.102. The second-order valence-electron chi connectivity index (χ2n) is 7.91. The van der Waals surface area contributed by atoms with E-state index in [1.165, 1.54) is 28.6 Å². The molecule has 1 aromatic carbocycles. The number of hydrogen-bond donors (Lipinski definition) is 3. The largest absolute Gasteiger partial charge is 0.369 e. The van der Waals surface area contributed by atoms with Crippen LogP contribution in [0, 0.1) is 11.6 Å². The molecule has 2 aromatic rings. The van der Waals surface area contributed by atoms with Gasteiger partial charge >= 0.3 is 0 Å². The number of halogens is 2. The van der Waals surface area contributed by atoms with Crippen LogP contribution in [0.4, 0.5) is 14.5 Å². The van der Waals surface area contributed by atoms with E-state index in [9.17, 15) is 13.4 Å². The van der Waals surface area contributed by atoms with Gasteiger partial charge in [-0.2, -0.15) is 0 Å². The highest BCUT2D eigenvalue weighted by Gasteiger charge is 2.76. The summed E-state index contributed by atoms with van der Waals surface area (Å²) in [4.78, 5) is 21.5. The van der Waals surface area contributed by atoms with Crippen LogP contribution < -0.4 is 16.4 Å². The summed E-state index contributed by atoms with van der Waals surface area (Å²) in [7, 11) is -1.05. The van der Waals surface area contributed by atoms with E-state index >= 15 is 4.39 Å². The van der Waals surface area contributed by atoms with Gasteiger partial charge in [-0.1, -0.05) is 0 Å². The normalized spacial score (nSPS) is 31.0. The first-order valence-electron chi connectivity index (χ1n) is 9.62.